The van der Waals surface area contributed by atoms with Gasteiger partial charge >= 0.3 is 0 Å². The van der Waals surface area contributed by atoms with Crippen molar-refractivity contribution in [2.45, 2.75) is 113 Å². The first-order valence-electron chi connectivity index (χ1n) is 13.2. The molecule has 2 fully saturated rings. The van der Waals surface area contributed by atoms with E-state index in [0.717, 1.165) is 5.92 Å². The molecule has 0 spiro atoms. The molecule has 0 aliphatic heterocycles. The number of carbonyl (C=O) groups excluding carboxylic acids is 1. The zero-order valence-electron chi connectivity index (χ0n) is 21.6. The number of ketones is 1. The number of fused-ring (bicyclic) bond motifs is 6. The average Bonchev–Trinajstić information content (AvgIpc) is 2.68. The standard InChI is InChI=1S/C30H46O/c1-25(2)15-9-10-23-29(25,7)19-18-28(6)21-11-12-22-26(3,4)24(31)14-16-27(22,5)20(21)13-17-30(23,28)8/h14,16,22-23H,9-13,15,17-19H2,1-8H3/t22-,23+,27+,28+,29-,30-/m0/s1. The van der Waals surface area contributed by atoms with Gasteiger partial charge in [0.2, 0.25) is 0 Å². The van der Waals surface area contributed by atoms with E-state index in [0.29, 0.717) is 33.4 Å². The molecular formula is C30H46O. The molecule has 1 nitrogen and oxygen atoms in total. The Kier molecular flexibility index (Phi) is 4.38. The molecule has 0 N–H and O–H groups in total. The fraction of sp³-hybridized carbons (Fsp3) is 0.833. The second kappa shape index (κ2) is 6.18. The Hall–Kier alpha value is -0.850. The third kappa shape index (κ3) is 2.42. The summed E-state index contributed by atoms with van der Waals surface area (Å²) < 4.78 is 0. The predicted molar refractivity (Wildman–Crippen MR) is 130 cm³/mol. The Balaban J connectivity index is 1.63. The van der Waals surface area contributed by atoms with Crippen molar-refractivity contribution >= 4 is 5.78 Å². The lowest BCUT2D eigenvalue weighted by Gasteiger charge is -2.70. The van der Waals surface area contributed by atoms with Crippen molar-refractivity contribution in [2.24, 2.45) is 44.3 Å². The minimum Gasteiger partial charge on any atom is -0.294 e. The van der Waals surface area contributed by atoms with E-state index >= 15 is 0 Å². The Bertz CT molecular complexity index is 886. The highest BCUT2D eigenvalue weighted by Crippen LogP contribution is 2.75. The smallest absolute Gasteiger partial charge is 0.161 e. The second-order valence-electron chi connectivity index (χ2n) is 14.2. The van der Waals surface area contributed by atoms with Crippen molar-refractivity contribution in [1.82, 2.24) is 0 Å². The van der Waals surface area contributed by atoms with Crippen molar-refractivity contribution in [1.29, 1.82) is 0 Å². The summed E-state index contributed by atoms with van der Waals surface area (Å²) in [5.74, 6) is 1.62. The molecule has 0 amide bonds. The molecule has 0 aromatic heterocycles. The minimum atomic E-state index is -0.234. The number of rotatable bonds is 0. The SMILES string of the molecule is CC1(C)C(=O)C=C[C@]2(C)C3=C(CC[C@@H]12)[C@@]1(C)CC[C@@]2(C)[C@@H](CCCC2(C)C)[C@]1(C)CC3. The minimum absolute atomic E-state index is 0.0713. The van der Waals surface area contributed by atoms with Crippen LogP contribution in [-0.2, 0) is 4.79 Å². The maximum absolute atomic E-state index is 12.8. The first-order valence-corrected chi connectivity index (χ1v) is 13.2. The number of hydrogen-bond donors (Lipinski definition) is 0. The van der Waals surface area contributed by atoms with Gasteiger partial charge in [-0.3, -0.25) is 4.79 Å². The normalized spacial score (nSPS) is 50.3. The van der Waals surface area contributed by atoms with Crippen LogP contribution < -0.4 is 0 Å². The van der Waals surface area contributed by atoms with E-state index in [1.165, 1.54) is 57.8 Å². The molecule has 0 unspecified atom stereocenters. The van der Waals surface area contributed by atoms with Crippen molar-refractivity contribution in [2.75, 3.05) is 0 Å². The summed E-state index contributed by atoms with van der Waals surface area (Å²) in [5.41, 5.74) is 5.05. The zero-order chi connectivity index (χ0) is 22.7. The molecule has 0 aromatic carbocycles. The molecule has 2 saturated carbocycles. The lowest BCUT2D eigenvalue weighted by molar-refractivity contribution is -0.176. The molecule has 5 aliphatic carbocycles. The number of hydrogen-bond acceptors (Lipinski definition) is 1. The summed E-state index contributed by atoms with van der Waals surface area (Å²) >= 11 is 0. The molecule has 172 valence electrons. The largest absolute Gasteiger partial charge is 0.294 e. The van der Waals surface area contributed by atoms with Gasteiger partial charge in [0.25, 0.3) is 0 Å². The Labute approximate surface area is 191 Å². The number of carbonyl (C=O) groups is 1. The van der Waals surface area contributed by atoms with Crippen molar-refractivity contribution in [3.05, 3.63) is 23.3 Å². The van der Waals surface area contributed by atoms with Crippen LogP contribution >= 0.6 is 0 Å². The topological polar surface area (TPSA) is 17.1 Å². The highest BCUT2D eigenvalue weighted by atomic mass is 16.1. The quantitative estimate of drug-likeness (QED) is 0.359. The fourth-order valence-corrected chi connectivity index (χ4v) is 10.1. The van der Waals surface area contributed by atoms with Crippen LogP contribution in [0.3, 0.4) is 0 Å². The molecule has 0 bridgehead atoms. The summed E-state index contributed by atoms with van der Waals surface area (Å²) in [7, 11) is 0. The van der Waals surface area contributed by atoms with Crippen LogP contribution in [0.1, 0.15) is 113 Å². The molecule has 31 heavy (non-hydrogen) atoms. The van der Waals surface area contributed by atoms with Crippen LogP contribution in [0.2, 0.25) is 0 Å². The van der Waals surface area contributed by atoms with Crippen LogP contribution in [0.4, 0.5) is 0 Å². The second-order valence-corrected chi connectivity index (χ2v) is 14.2. The lowest BCUT2D eigenvalue weighted by atomic mass is 9.34. The van der Waals surface area contributed by atoms with Crippen LogP contribution in [-0.4, -0.2) is 5.78 Å². The first-order chi connectivity index (χ1) is 14.2. The van der Waals surface area contributed by atoms with Crippen molar-refractivity contribution in [3.63, 3.8) is 0 Å². The molecule has 5 rings (SSSR count). The van der Waals surface area contributed by atoms with Gasteiger partial charge in [0.15, 0.2) is 5.78 Å². The summed E-state index contributed by atoms with van der Waals surface area (Å²) in [6, 6.07) is 0. The van der Waals surface area contributed by atoms with Gasteiger partial charge in [-0.1, -0.05) is 79.0 Å². The van der Waals surface area contributed by atoms with Gasteiger partial charge in [-0.2, -0.15) is 0 Å². The van der Waals surface area contributed by atoms with E-state index in [1.807, 2.05) is 11.6 Å². The zero-order valence-corrected chi connectivity index (χ0v) is 21.6. The average molecular weight is 423 g/mol. The molecule has 0 aromatic rings. The third-order valence-corrected chi connectivity index (χ3v) is 12.9. The highest BCUT2D eigenvalue weighted by molar-refractivity contribution is 5.96. The lowest BCUT2D eigenvalue weighted by Crippen LogP contribution is -2.62. The fourth-order valence-electron chi connectivity index (χ4n) is 10.1. The van der Waals surface area contributed by atoms with Gasteiger partial charge in [-0.25, -0.2) is 0 Å². The van der Waals surface area contributed by atoms with Gasteiger partial charge in [-0.05, 0) is 90.9 Å². The molecular weight excluding hydrogens is 376 g/mol. The number of allylic oxidation sites excluding steroid dienone is 4. The summed E-state index contributed by atoms with van der Waals surface area (Å²) in [4.78, 5) is 12.8. The van der Waals surface area contributed by atoms with Gasteiger partial charge in [-0.15, -0.1) is 0 Å². The van der Waals surface area contributed by atoms with E-state index in [2.05, 4.69) is 61.5 Å². The van der Waals surface area contributed by atoms with Crippen LogP contribution in [0.5, 0.6) is 0 Å². The monoisotopic (exact) mass is 422 g/mol. The first kappa shape index (κ1) is 22.0. The van der Waals surface area contributed by atoms with E-state index in [4.69, 9.17) is 0 Å². The Morgan fingerprint density at radius 1 is 0.742 bits per heavy atom. The van der Waals surface area contributed by atoms with Gasteiger partial charge < -0.3 is 0 Å². The maximum Gasteiger partial charge on any atom is 0.161 e. The highest BCUT2D eigenvalue weighted by Gasteiger charge is 2.66. The molecule has 6 atom stereocenters. The van der Waals surface area contributed by atoms with Crippen molar-refractivity contribution in [3.8, 4) is 0 Å². The van der Waals surface area contributed by atoms with Gasteiger partial charge in [0.05, 0.1) is 0 Å². The molecule has 5 aliphatic rings. The molecule has 0 radical (unpaired) electrons. The summed E-state index contributed by atoms with van der Waals surface area (Å²) in [5, 5.41) is 0. The van der Waals surface area contributed by atoms with Gasteiger partial charge in [0.1, 0.15) is 0 Å². The van der Waals surface area contributed by atoms with Crippen molar-refractivity contribution < 1.29 is 4.79 Å². The third-order valence-electron chi connectivity index (χ3n) is 12.9. The Morgan fingerprint density at radius 2 is 1.45 bits per heavy atom. The van der Waals surface area contributed by atoms with E-state index in [9.17, 15) is 4.79 Å². The molecule has 0 heterocycles. The Morgan fingerprint density at radius 3 is 2.16 bits per heavy atom. The molecule has 1 heteroatoms. The summed E-state index contributed by atoms with van der Waals surface area (Å²) in [6.07, 6.45) is 16.2. The van der Waals surface area contributed by atoms with Crippen LogP contribution in [0, 0.1) is 44.3 Å². The van der Waals surface area contributed by atoms with E-state index in [-0.39, 0.29) is 10.8 Å². The van der Waals surface area contributed by atoms with Crippen LogP contribution in [0.25, 0.3) is 0 Å². The van der Waals surface area contributed by atoms with Gasteiger partial charge in [0, 0.05) is 10.8 Å². The predicted octanol–water partition coefficient (Wildman–Crippen LogP) is 8.30. The maximum atomic E-state index is 12.8. The molecule has 0 saturated heterocycles. The van der Waals surface area contributed by atoms with Crippen LogP contribution in [0.15, 0.2) is 23.3 Å². The van der Waals surface area contributed by atoms with E-state index in [1.54, 1.807) is 5.57 Å². The summed E-state index contributed by atoms with van der Waals surface area (Å²) in [6.45, 7) is 20.0. The van der Waals surface area contributed by atoms with E-state index < -0.39 is 0 Å².